The summed E-state index contributed by atoms with van der Waals surface area (Å²) in [7, 11) is 0. The molecule has 0 aromatic heterocycles. The van der Waals surface area contributed by atoms with Gasteiger partial charge < -0.3 is 5.32 Å². The molecular weight excluding hydrogens is 317 g/mol. The van der Waals surface area contributed by atoms with Crippen LogP contribution in [0.15, 0.2) is 28.8 Å². The van der Waals surface area contributed by atoms with Crippen LogP contribution < -0.4 is 5.32 Å². The summed E-state index contributed by atoms with van der Waals surface area (Å²) in [4.78, 5) is 12.4. The van der Waals surface area contributed by atoms with E-state index in [1.54, 1.807) is 12.1 Å². The van der Waals surface area contributed by atoms with E-state index in [9.17, 15) is 4.79 Å². The first kappa shape index (κ1) is 15.7. The van der Waals surface area contributed by atoms with Crippen molar-refractivity contribution in [3.05, 3.63) is 39.4 Å². The topological polar surface area (TPSA) is 29.1 Å². The predicted molar refractivity (Wildman–Crippen MR) is 85.4 cm³/mol. The molecule has 0 radical (unpaired) electrons. The summed E-state index contributed by atoms with van der Waals surface area (Å²) in [6.07, 6.45) is 1.73. The van der Waals surface area contributed by atoms with Crippen molar-refractivity contribution in [2.24, 2.45) is 17.3 Å². The fraction of sp³-hybridized carbons (Fsp3) is 0.400. The largest absolute Gasteiger partial charge is 0.326 e. The molecule has 1 aromatic rings. The minimum Gasteiger partial charge on any atom is -0.326 e. The Balaban J connectivity index is 2.14. The lowest BCUT2D eigenvalue weighted by atomic mass is 10.1. The van der Waals surface area contributed by atoms with E-state index in [1.807, 2.05) is 32.9 Å². The van der Waals surface area contributed by atoms with Gasteiger partial charge in [-0.15, -0.1) is 0 Å². The van der Waals surface area contributed by atoms with Gasteiger partial charge in [0.1, 0.15) is 4.49 Å². The molecule has 108 valence electrons. The molecule has 0 aliphatic heterocycles. The number of carbonyl (C=O) groups is 1. The summed E-state index contributed by atoms with van der Waals surface area (Å²) in [6.45, 7) is 5.93. The maximum Gasteiger partial charge on any atom is 0.228 e. The van der Waals surface area contributed by atoms with Crippen LogP contribution in [0.4, 0.5) is 5.69 Å². The van der Waals surface area contributed by atoms with Gasteiger partial charge in [-0.1, -0.05) is 54.7 Å². The van der Waals surface area contributed by atoms with Crippen LogP contribution in [0.1, 0.15) is 19.4 Å². The van der Waals surface area contributed by atoms with Crippen LogP contribution in [0.2, 0.25) is 5.02 Å². The Hall–Kier alpha value is -0.700. The zero-order valence-electron chi connectivity index (χ0n) is 11.5. The molecule has 5 heteroatoms. The highest BCUT2D eigenvalue weighted by molar-refractivity contribution is 6.55. The number of anilines is 1. The van der Waals surface area contributed by atoms with Crippen molar-refractivity contribution < 1.29 is 4.79 Å². The van der Waals surface area contributed by atoms with Gasteiger partial charge in [0.2, 0.25) is 5.91 Å². The molecule has 0 spiro atoms. The Labute approximate surface area is 134 Å². The number of nitrogens with one attached hydrogen (secondary N) is 1. The van der Waals surface area contributed by atoms with E-state index in [2.05, 4.69) is 5.32 Å². The Kier molecular flexibility index (Phi) is 4.38. The second kappa shape index (κ2) is 5.59. The van der Waals surface area contributed by atoms with Gasteiger partial charge in [0.05, 0.1) is 5.92 Å². The van der Waals surface area contributed by atoms with Crippen molar-refractivity contribution in [1.82, 2.24) is 0 Å². The van der Waals surface area contributed by atoms with E-state index in [0.717, 1.165) is 11.3 Å². The first-order chi connectivity index (χ1) is 9.25. The van der Waals surface area contributed by atoms with E-state index in [1.165, 1.54) is 0 Å². The molecule has 1 N–H and O–H groups in total. The zero-order chi connectivity index (χ0) is 15.1. The third-order valence-electron chi connectivity index (χ3n) is 4.02. The smallest absolute Gasteiger partial charge is 0.228 e. The Bertz CT molecular complexity index is 576. The lowest BCUT2D eigenvalue weighted by molar-refractivity contribution is -0.118. The number of amides is 1. The standard InChI is InChI=1S/C15H16Cl3NO/c1-8-10(16)5-4-6-11(8)19-14(20)13-9(7-12(17)18)15(13,2)3/h4-7,9,13H,1-3H3,(H,19,20)/t9-,13+/m0/s1. The Morgan fingerprint density at radius 2 is 2.00 bits per heavy atom. The Morgan fingerprint density at radius 1 is 1.35 bits per heavy atom. The second-order valence-corrected chi connectivity index (χ2v) is 7.10. The van der Waals surface area contributed by atoms with Gasteiger partial charge in [-0.2, -0.15) is 0 Å². The quantitative estimate of drug-likeness (QED) is 0.812. The molecule has 1 saturated carbocycles. The number of hydrogen-bond acceptors (Lipinski definition) is 1. The van der Waals surface area contributed by atoms with E-state index >= 15 is 0 Å². The van der Waals surface area contributed by atoms with Crippen LogP contribution >= 0.6 is 34.8 Å². The van der Waals surface area contributed by atoms with Gasteiger partial charge in [-0.05, 0) is 42.0 Å². The third kappa shape index (κ3) is 2.98. The van der Waals surface area contributed by atoms with Crippen molar-refractivity contribution in [3.63, 3.8) is 0 Å². The molecule has 1 amide bonds. The number of rotatable bonds is 3. The SMILES string of the molecule is Cc1c(Cl)cccc1NC(=O)[C@H]1[C@H](C=C(Cl)Cl)C1(C)C. The number of carbonyl (C=O) groups excluding carboxylic acids is 1. The molecule has 1 aliphatic carbocycles. The highest BCUT2D eigenvalue weighted by Crippen LogP contribution is 2.60. The maximum atomic E-state index is 12.4. The average molecular weight is 333 g/mol. The molecule has 2 rings (SSSR count). The molecule has 20 heavy (non-hydrogen) atoms. The fourth-order valence-corrected chi connectivity index (χ4v) is 3.02. The van der Waals surface area contributed by atoms with E-state index in [-0.39, 0.29) is 27.6 Å². The number of hydrogen-bond donors (Lipinski definition) is 1. The van der Waals surface area contributed by atoms with E-state index in [4.69, 9.17) is 34.8 Å². The number of halogens is 3. The van der Waals surface area contributed by atoms with Crippen molar-refractivity contribution in [2.75, 3.05) is 5.32 Å². The first-order valence-electron chi connectivity index (χ1n) is 6.34. The summed E-state index contributed by atoms with van der Waals surface area (Å²) in [5, 5.41) is 3.57. The molecule has 1 aromatic carbocycles. The summed E-state index contributed by atoms with van der Waals surface area (Å²) >= 11 is 17.4. The molecule has 0 unspecified atom stereocenters. The summed E-state index contributed by atoms with van der Waals surface area (Å²) < 4.78 is 0.206. The fourth-order valence-electron chi connectivity index (χ4n) is 2.58. The van der Waals surface area contributed by atoms with Crippen molar-refractivity contribution in [1.29, 1.82) is 0 Å². The van der Waals surface area contributed by atoms with E-state index in [0.29, 0.717) is 5.02 Å². The lowest BCUT2D eigenvalue weighted by Gasteiger charge is -2.10. The lowest BCUT2D eigenvalue weighted by Crippen LogP contribution is -2.17. The molecule has 2 nitrogen and oxygen atoms in total. The molecule has 1 aliphatic rings. The summed E-state index contributed by atoms with van der Waals surface area (Å²) in [5.41, 5.74) is 1.47. The van der Waals surface area contributed by atoms with Gasteiger partial charge in [0.25, 0.3) is 0 Å². The molecule has 1 fully saturated rings. The molecule has 0 bridgehead atoms. The maximum absolute atomic E-state index is 12.4. The van der Waals surface area contributed by atoms with Gasteiger partial charge in [0, 0.05) is 10.7 Å². The minimum atomic E-state index is -0.133. The van der Waals surface area contributed by atoms with Gasteiger partial charge in [-0.25, -0.2) is 0 Å². The number of benzene rings is 1. The third-order valence-corrected chi connectivity index (χ3v) is 4.69. The van der Waals surface area contributed by atoms with Crippen molar-refractivity contribution in [2.45, 2.75) is 20.8 Å². The molecule has 0 heterocycles. The number of allylic oxidation sites excluding steroid dienone is 1. The second-order valence-electron chi connectivity index (χ2n) is 5.68. The van der Waals surface area contributed by atoms with E-state index < -0.39 is 0 Å². The zero-order valence-corrected chi connectivity index (χ0v) is 13.8. The van der Waals surface area contributed by atoms with Crippen LogP contribution in [0.25, 0.3) is 0 Å². The van der Waals surface area contributed by atoms with Gasteiger partial charge in [0.15, 0.2) is 0 Å². The van der Waals surface area contributed by atoms with Crippen LogP contribution in [-0.4, -0.2) is 5.91 Å². The molecule has 0 saturated heterocycles. The van der Waals surface area contributed by atoms with Crippen LogP contribution in [0.3, 0.4) is 0 Å². The summed E-state index contributed by atoms with van der Waals surface area (Å²) in [5.74, 6) is -0.100. The van der Waals surface area contributed by atoms with Crippen LogP contribution in [0, 0.1) is 24.2 Å². The van der Waals surface area contributed by atoms with Crippen LogP contribution in [-0.2, 0) is 4.79 Å². The van der Waals surface area contributed by atoms with Gasteiger partial charge in [-0.3, -0.25) is 4.79 Å². The monoisotopic (exact) mass is 331 g/mol. The highest BCUT2D eigenvalue weighted by Gasteiger charge is 2.60. The summed E-state index contributed by atoms with van der Waals surface area (Å²) in [6, 6.07) is 5.45. The minimum absolute atomic E-state index is 0.0313. The molecular formula is C15H16Cl3NO. The highest BCUT2D eigenvalue weighted by atomic mass is 35.5. The first-order valence-corrected chi connectivity index (χ1v) is 7.47. The molecule has 2 atom stereocenters. The Morgan fingerprint density at radius 3 is 2.60 bits per heavy atom. The van der Waals surface area contributed by atoms with Gasteiger partial charge >= 0.3 is 0 Å². The average Bonchev–Trinajstić information content (AvgIpc) is 2.86. The predicted octanol–water partition coefficient (Wildman–Crippen LogP) is 5.18. The van der Waals surface area contributed by atoms with Crippen molar-refractivity contribution >= 4 is 46.4 Å². The van der Waals surface area contributed by atoms with Crippen LogP contribution in [0.5, 0.6) is 0 Å². The normalized spacial score (nSPS) is 23.1. The van der Waals surface area contributed by atoms with Crippen molar-refractivity contribution in [3.8, 4) is 0 Å².